The maximum Gasteiger partial charge on any atom is 0.147 e. The molecule has 1 aromatic carbocycles. The monoisotopic (exact) mass is 307 g/mol. The lowest BCUT2D eigenvalue weighted by Gasteiger charge is -2.20. The van der Waals surface area contributed by atoms with Crippen molar-refractivity contribution in [1.82, 2.24) is 5.32 Å². The maximum absolute atomic E-state index is 9.00. The van der Waals surface area contributed by atoms with E-state index in [9.17, 15) is 0 Å². The molecule has 1 aliphatic rings. The highest BCUT2D eigenvalue weighted by Gasteiger charge is 2.25. The Morgan fingerprint density at radius 2 is 2.19 bits per heavy atom. The van der Waals surface area contributed by atoms with E-state index < -0.39 is 0 Å². The third-order valence-electron chi connectivity index (χ3n) is 4.07. The molecule has 21 heavy (non-hydrogen) atoms. The first-order chi connectivity index (χ1) is 10.2. The summed E-state index contributed by atoms with van der Waals surface area (Å²) in [6, 6.07) is 10.5. The number of hydrogen-bond acceptors (Lipinski definition) is 4. The summed E-state index contributed by atoms with van der Waals surface area (Å²) in [7, 11) is 0. The van der Waals surface area contributed by atoms with Gasteiger partial charge in [-0.25, -0.2) is 0 Å². The molecular weight excluding hydrogens is 282 g/mol. The molecule has 116 valence electrons. The standard InChI is InChI=1S/C16H25N3OS/c1-2-21-14-9-8-13(10-14)18-11-15(16(17)19-20)12-6-4-3-5-7-12/h3-7,13-15,18,20H,2,8-11H2,1H3,(H2,17,19). The van der Waals surface area contributed by atoms with E-state index in [1.165, 1.54) is 25.0 Å². The van der Waals surface area contributed by atoms with Gasteiger partial charge in [-0.15, -0.1) is 0 Å². The Balaban J connectivity index is 1.92. The maximum atomic E-state index is 9.00. The Morgan fingerprint density at radius 1 is 1.43 bits per heavy atom. The van der Waals surface area contributed by atoms with E-state index >= 15 is 0 Å². The van der Waals surface area contributed by atoms with Gasteiger partial charge in [0.15, 0.2) is 0 Å². The third-order valence-corrected chi connectivity index (χ3v) is 5.30. The predicted octanol–water partition coefficient (Wildman–Crippen LogP) is 2.78. The van der Waals surface area contributed by atoms with Crippen LogP contribution in [0.15, 0.2) is 35.5 Å². The van der Waals surface area contributed by atoms with Crippen LogP contribution in [-0.2, 0) is 0 Å². The highest BCUT2D eigenvalue weighted by atomic mass is 32.2. The van der Waals surface area contributed by atoms with Crippen molar-refractivity contribution in [3.63, 3.8) is 0 Å². The summed E-state index contributed by atoms with van der Waals surface area (Å²) in [5.74, 6) is 1.38. The molecule has 1 aromatic rings. The first-order valence-electron chi connectivity index (χ1n) is 7.62. The molecule has 5 heteroatoms. The van der Waals surface area contributed by atoms with E-state index in [0.29, 0.717) is 12.6 Å². The van der Waals surface area contributed by atoms with Gasteiger partial charge in [-0.2, -0.15) is 11.8 Å². The van der Waals surface area contributed by atoms with Crippen molar-refractivity contribution < 1.29 is 5.21 Å². The van der Waals surface area contributed by atoms with Crippen LogP contribution in [0.25, 0.3) is 0 Å². The first kappa shape index (κ1) is 16.2. The molecule has 3 unspecified atom stereocenters. The third kappa shape index (κ3) is 4.64. The number of nitrogens with two attached hydrogens (primary N) is 1. The zero-order chi connectivity index (χ0) is 15.1. The van der Waals surface area contributed by atoms with Crippen molar-refractivity contribution in [2.75, 3.05) is 12.3 Å². The molecule has 2 rings (SSSR count). The van der Waals surface area contributed by atoms with Crippen molar-refractivity contribution in [2.24, 2.45) is 10.9 Å². The fourth-order valence-electron chi connectivity index (χ4n) is 2.95. The molecule has 1 saturated carbocycles. The Morgan fingerprint density at radius 3 is 2.86 bits per heavy atom. The van der Waals surface area contributed by atoms with Crippen molar-refractivity contribution in [2.45, 2.75) is 43.4 Å². The van der Waals surface area contributed by atoms with Gasteiger partial charge in [0.1, 0.15) is 5.84 Å². The van der Waals surface area contributed by atoms with Crippen molar-refractivity contribution in [3.05, 3.63) is 35.9 Å². The summed E-state index contributed by atoms with van der Waals surface area (Å²) >= 11 is 2.06. The van der Waals surface area contributed by atoms with Crippen LogP contribution in [-0.4, -0.2) is 34.6 Å². The first-order valence-corrected chi connectivity index (χ1v) is 8.66. The minimum Gasteiger partial charge on any atom is -0.409 e. The molecule has 0 aromatic heterocycles. The van der Waals surface area contributed by atoms with Crippen LogP contribution in [0, 0.1) is 0 Å². The highest BCUT2D eigenvalue weighted by Crippen LogP contribution is 2.30. The second kappa shape index (κ2) is 8.29. The number of amidine groups is 1. The molecule has 0 amide bonds. The molecule has 0 bridgehead atoms. The normalized spacial score (nSPS) is 24.1. The van der Waals surface area contributed by atoms with Crippen molar-refractivity contribution >= 4 is 17.6 Å². The van der Waals surface area contributed by atoms with Gasteiger partial charge in [0.05, 0.1) is 5.92 Å². The second-order valence-corrected chi connectivity index (χ2v) is 7.06. The second-order valence-electron chi connectivity index (χ2n) is 5.48. The quantitative estimate of drug-likeness (QED) is 0.313. The van der Waals surface area contributed by atoms with Crippen LogP contribution in [0.3, 0.4) is 0 Å². The van der Waals surface area contributed by atoms with E-state index in [2.05, 4.69) is 29.2 Å². The number of nitrogens with zero attached hydrogens (tertiary/aromatic N) is 1. The average molecular weight is 307 g/mol. The van der Waals surface area contributed by atoms with Gasteiger partial charge in [-0.3, -0.25) is 0 Å². The van der Waals surface area contributed by atoms with Gasteiger partial charge in [0, 0.05) is 17.8 Å². The predicted molar refractivity (Wildman–Crippen MR) is 90.2 cm³/mol. The molecule has 0 saturated heterocycles. The molecule has 4 nitrogen and oxygen atoms in total. The number of oxime groups is 1. The van der Waals surface area contributed by atoms with Crippen LogP contribution in [0.5, 0.6) is 0 Å². The molecule has 0 heterocycles. The lowest BCUT2D eigenvalue weighted by Crippen LogP contribution is -2.36. The van der Waals surface area contributed by atoms with Gasteiger partial charge in [-0.1, -0.05) is 42.4 Å². The number of thioether (sulfide) groups is 1. The Hall–Kier alpha value is -1.20. The molecule has 4 N–H and O–H groups in total. The number of benzene rings is 1. The molecule has 1 fully saturated rings. The van der Waals surface area contributed by atoms with Crippen LogP contribution in [0.1, 0.15) is 37.7 Å². The van der Waals surface area contributed by atoms with E-state index in [0.717, 1.165) is 10.8 Å². The van der Waals surface area contributed by atoms with Crippen molar-refractivity contribution in [3.8, 4) is 0 Å². The molecule has 0 spiro atoms. The summed E-state index contributed by atoms with van der Waals surface area (Å²) in [5.41, 5.74) is 6.95. The number of hydrogen-bond donors (Lipinski definition) is 3. The average Bonchev–Trinajstić information content (AvgIpc) is 2.96. The van der Waals surface area contributed by atoms with E-state index in [-0.39, 0.29) is 11.8 Å². The molecule has 3 atom stereocenters. The summed E-state index contributed by atoms with van der Waals surface area (Å²) in [4.78, 5) is 0. The highest BCUT2D eigenvalue weighted by molar-refractivity contribution is 7.99. The summed E-state index contributed by atoms with van der Waals surface area (Å²) in [6.07, 6.45) is 3.72. The fraction of sp³-hybridized carbons (Fsp3) is 0.562. The topological polar surface area (TPSA) is 70.6 Å². The minimum absolute atomic E-state index is 0.0749. The lowest BCUT2D eigenvalue weighted by molar-refractivity contribution is 0.315. The van der Waals surface area contributed by atoms with Crippen LogP contribution >= 0.6 is 11.8 Å². The molecule has 1 aliphatic carbocycles. The van der Waals surface area contributed by atoms with Crippen LogP contribution in [0.2, 0.25) is 0 Å². The van der Waals surface area contributed by atoms with E-state index in [4.69, 9.17) is 10.9 Å². The molecular formula is C16H25N3OS. The smallest absolute Gasteiger partial charge is 0.147 e. The van der Waals surface area contributed by atoms with E-state index in [1.807, 2.05) is 30.3 Å². The zero-order valence-electron chi connectivity index (χ0n) is 12.5. The van der Waals surface area contributed by atoms with Gasteiger partial charge < -0.3 is 16.3 Å². The minimum atomic E-state index is -0.0749. The summed E-state index contributed by atoms with van der Waals surface area (Å²) in [6.45, 7) is 2.93. The van der Waals surface area contributed by atoms with Gasteiger partial charge in [0.25, 0.3) is 0 Å². The largest absolute Gasteiger partial charge is 0.409 e. The Bertz CT molecular complexity index is 452. The number of rotatable bonds is 7. The fourth-order valence-corrected chi connectivity index (χ4v) is 4.09. The molecule has 0 aliphatic heterocycles. The SMILES string of the molecule is CCSC1CCC(NCC(/C(N)=N/O)c2ccccc2)C1. The number of nitrogens with one attached hydrogen (secondary N) is 1. The molecule has 0 radical (unpaired) electrons. The van der Waals surface area contributed by atoms with E-state index in [1.54, 1.807) is 0 Å². The summed E-state index contributed by atoms with van der Waals surface area (Å²) < 4.78 is 0. The summed E-state index contributed by atoms with van der Waals surface area (Å²) in [5, 5.41) is 16.6. The Kier molecular flexibility index (Phi) is 6.39. The van der Waals surface area contributed by atoms with Crippen LogP contribution in [0.4, 0.5) is 0 Å². The van der Waals surface area contributed by atoms with Gasteiger partial charge >= 0.3 is 0 Å². The zero-order valence-corrected chi connectivity index (χ0v) is 13.4. The van der Waals surface area contributed by atoms with Crippen molar-refractivity contribution in [1.29, 1.82) is 0 Å². The van der Waals surface area contributed by atoms with Gasteiger partial charge in [0.2, 0.25) is 0 Å². The lowest BCUT2D eigenvalue weighted by atomic mass is 9.97. The Labute approximate surface area is 131 Å². The van der Waals surface area contributed by atoms with Gasteiger partial charge in [-0.05, 0) is 30.6 Å². The van der Waals surface area contributed by atoms with Crippen LogP contribution < -0.4 is 11.1 Å².